The fourth-order valence-electron chi connectivity index (χ4n) is 1.65. The second-order valence-electron chi connectivity index (χ2n) is 4.59. The van der Waals surface area contributed by atoms with Crippen LogP contribution in [0.15, 0.2) is 36.7 Å². The van der Waals surface area contributed by atoms with Gasteiger partial charge in [0.2, 0.25) is 0 Å². The number of carbonyl (C=O) groups is 1. The summed E-state index contributed by atoms with van der Waals surface area (Å²) in [6.07, 6.45) is 3.56. The summed E-state index contributed by atoms with van der Waals surface area (Å²) in [5.41, 5.74) is 0.400. The zero-order valence-corrected chi connectivity index (χ0v) is 10.1. The van der Waals surface area contributed by atoms with Crippen LogP contribution in [-0.2, 0) is 0 Å². The molecule has 0 unspecified atom stereocenters. The van der Waals surface area contributed by atoms with E-state index in [4.69, 9.17) is 10.2 Å². The maximum Gasteiger partial charge on any atom is 0.253 e. The van der Waals surface area contributed by atoms with Crippen molar-refractivity contribution in [3.05, 3.63) is 42.2 Å². The van der Waals surface area contributed by atoms with Crippen LogP contribution in [0.4, 0.5) is 0 Å². The molecule has 0 aliphatic carbocycles. The molecule has 2 aromatic heterocycles. The summed E-state index contributed by atoms with van der Waals surface area (Å²) in [6, 6.07) is 7.42. The molecule has 96 valence electrons. The standard InChI is InChI=1S/C13H16N2O3/c1-13(8-16,9-17)14-12(18)10-6-11-4-2-3-5-15(11)7-10/h2-7,16-17H,8-9H2,1H3,(H,14,18). The smallest absolute Gasteiger partial charge is 0.253 e. The maximum atomic E-state index is 12.0. The molecule has 2 aromatic rings. The first-order valence-electron chi connectivity index (χ1n) is 5.69. The molecular weight excluding hydrogens is 232 g/mol. The molecule has 0 radical (unpaired) electrons. The van der Waals surface area contributed by atoms with Crippen LogP contribution in [-0.4, -0.2) is 39.3 Å². The number of rotatable bonds is 4. The highest BCUT2D eigenvalue weighted by Gasteiger charge is 2.25. The average Bonchev–Trinajstić information content (AvgIpc) is 2.82. The van der Waals surface area contributed by atoms with Gasteiger partial charge < -0.3 is 19.9 Å². The number of amides is 1. The molecule has 1 amide bonds. The van der Waals surface area contributed by atoms with Crippen molar-refractivity contribution in [1.29, 1.82) is 0 Å². The van der Waals surface area contributed by atoms with Gasteiger partial charge in [0.15, 0.2) is 0 Å². The molecule has 0 aliphatic rings. The Bertz CT molecular complexity index is 525. The van der Waals surface area contributed by atoms with Crippen LogP contribution < -0.4 is 5.32 Å². The number of hydrogen-bond donors (Lipinski definition) is 3. The van der Waals surface area contributed by atoms with Gasteiger partial charge in [0.1, 0.15) is 0 Å². The minimum absolute atomic E-state index is 0.315. The molecule has 0 aromatic carbocycles. The van der Waals surface area contributed by atoms with Crippen LogP contribution in [0, 0.1) is 0 Å². The molecule has 0 saturated carbocycles. The number of pyridine rings is 1. The summed E-state index contributed by atoms with van der Waals surface area (Å²) in [7, 11) is 0. The molecule has 2 rings (SSSR count). The van der Waals surface area contributed by atoms with E-state index in [0.29, 0.717) is 5.56 Å². The van der Waals surface area contributed by atoms with Crippen molar-refractivity contribution >= 4 is 11.4 Å². The quantitative estimate of drug-likeness (QED) is 0.734. The number of nitrogens with one attached hydrogen (secondary N) is 1. The van der Waals surface area contributed by atoms with E-state index in [-0.39, 0.29) is 19.1 Å². The van der Waals surface area contributed by atoms with Gasteiger partial charge in [-0.3, -0.25) is 4.79 Å². The summed E-state index contributed by atoms with van der Waals surface area (Å²) < 4.78 is 1.84. The van der Waals surface area contributed by atoms with Gasteiger partial charge >= 0.3 is 0 Å². The first kappa shape index (κ1) is 12.6. The second kappa shape index (κ2) is 4.80. The number of fused-ring (bicyclic) bond motifs is 1. The van der Waals surface area contributed by atoms with E-state index in [1.54, 1.807) is 19.2 Å². The zero-order chi connectivity index (χ0) is 13.2. The van der Waals surface area contributed by atoms with Gasteiger partial charge in [0.25, 0.3) is 5.91 Å². The van der Waals surface area contributed by atoms with Crippen LogP contribution in [0.25, 0.3) is 5.52 Å². The van der Waals surface area contributed by atoms with Gasteiger partial charge in [-0.15, -0.1) is 0 Å². The van der Waals surface area contributed by atoms with Crippen molar-refractivity contribution in [2.75, 3.05) is 13.2 Å². The lowest BCUT2D eigenvalue weighted by atomic mass is 10.1. The van der Waals surface area contributed by atoms with Crippen molar-refractivity contribution in [3.8, 4) is 0 Å². The normalized spacial score (nSPS) is 11.7. The minimum atomic E-state index is -1.01. The predicted molar refractivity (Wildman–Crippen MR) is 67.4 cm³/mol. The Morgan fingerprint density at radius 3 is 2.72 bits per heavy atom. The van der Waals surface area contributed by atoms with Gasteiger partial charge in [-0.1, -0.05) is 6.07 Å². The minimum Gasteiger partial charge on any atom is -0.394 e. The van der Waals surface area contributed by atoms with Gasteiger partial charge in [-0.2, -0.15) is 0 Å². The second-order valence-corrected chi connectivity index (χ2v) is 4.59. The summed E-state index contributed by atoms with van der Waals surface area (Å²) in [6.45, 7) is 0.950. The molecule has 0 fully saturated rings. The van der Waals surface area contributed by atoms with E-state index in [2.05, 4.69) is 5.32 Å². The number of aromatic nitrogens is 1. The van der Waals surface area contributed by atoms with Crippen molar-refractivity contribution in [2.24, 2.45) is 0 Å². The summed E-state index contributed by atoms with van der Waals surface area (Å²) in [5, 5.41) is 20.9. The Balaban J connectivity index is 2.23. The highest BCUT2D eigenvalue weighted by atomic mass is 16.3. The Morgan fingerprint density at radius 1 is 1.39 bits per heavy atom. The van der Waals surface area contributed by atoms with Gasteiger partial charge in [0.05, 0.1) is 24.3 Å². The molecule has 0 saturated heterocycles. The molecule has 5 nitrogen and oxygen atoms in total. The molecule has 0 bridgehead atoms. The highest BCUT2D eigenvalue weighted by molar-refractivity contribution is 5.96. The first-order valence-corrected chi connectivity index (χ1v) is 5.69. The van der Waals surface area contributed by atoms with E-state index in [1.165, 1.54) is 0 Å². The van der Waals surface area contributed by atoms with Crippen LogP contribution in [0.5, 0.6) is 0 Å². The molecular formula is C13H16N2O3. The fourth-order valence-corrected chi connectivity index (χ4v) is 1.65. The molecule has 0 atom stereocenters. The SMILES string of the molecule is CC(CO)(CO)NC(=O)c1cc2ccccn2c1. The van der Waals surface area contributed by atoms with Crippen molar-refractivity contribution in [3.63, 3.8) is 0 Å². The first-order chi connectivity index (χ1) is 8.58. The molecule has 5 heteroatoms. The van der Waals surface area contributed by atoms with Crippen molar-refractivity contribution in [2.45, 2.75) is 12.5 Å². The number of hydrogen-bond acceptors (Lipinski definition) is 3. The lowest BCUT2D eigenvalue weighted by Crippen LogP contribution is -2.51. The van der Waals surface area contributed by atoms with E-state index >= 15 is 0 Å². The third-order valence-corrected chi connectivity index (χ3v) is 2.88. The van der Waals surface area contributed by atoms with Gasteiger partial charge in [-0.05, 0) is 25.1 Å². The largest absolute Gasteiger partial charge is 0.394 e. The Morgan fingerprint density at radius 2 is 2.11 bits per heavy atom. The Kier molecular flexibility index (Phi) is 3.36. The van der Waals surface area contributed by atoms with Gasteiger partial charge in [0, 0.05) is 17.9 Å². The number of carbonyl (C=O) groups excluding carboxylic acids is 1. The molecule has 18 heavy (non-hydrogen) atoms. The van der Waals surface area contributed by atoms with E-state index in [0.717, 1.165) is 5.52 Å². The Hall–Kier alpha value is -1.85. The highest BCUT2D eigenvalue weighted by Crippen LogP contribution is 2.11. The van der Waals surface area contributed by atoms with Crippen molar-refractivity contribution in [1.82, 2.24) is 9.72 Å². The predicted octanol–water partition coefficient (Wildman–Crippen LogP) is 0.412. The maximum absolute atomic E-state index is 12.0. The molecule has 2 heterocycles. The molecule has 3 N–H and O–H groups in total. The third-order valence-electron chi connectivity index (χ3n) is 2.88. The van der Waals surface area contributed by atoms with Crippen LogP contribution in [0.1, 0.15) is 17.3 Å². The molecule has 0 aliphatic heterocycles. The number of aliphatic hydroxyl groups excluding tert-OH is 2. The van der Waals surface area contributed by atoms with Crippen LogP contribution in [0.3, 0.4) is 0 Å². The zero-order valence-electron chi connectivity index (χ0n) is 10.1. The van der Waals surface area contributed by atoms with E-state index in [1.807, 2.05) is 28.8 Å². The van der Waals surface area contributed by atoms with Crippen molar-refractivity contribution < 1.29 is 15.0 Å². The fraction of sp³-hybridized carbons (Fsp3) is 0.308. The average molecular weight is 248 g/mol. The lowest BCUT2D eigenvalue weighted by Gasteiger charge is -2.25. The van der Waals surface area contributed by atoms with Crippen LogP contribution in [0.2, 0.25) is 0 Å². The van der Waals surface area contributed by atoms with Crippen LogP contribution >= 0.6 is 0 Å². The molecule has 0 spiro atoms. The number of aliphatic hydroxyl groups is 2. The van der Waals surface area contributed by atoms with E-state index in [9.17, 15) is 4.79 Å². The number of nitrogens with zero attached hydrogens (tertiary/aromatic N) is 1. The summed E-state index contributed by atoms with van der Waals surface area (Å²) in [4.78, 5) is 12.0. The summed E-state index contributed by atoms with van der Waals surface area (Å²) in [5.74, 6) is -0.315. The van der Waals surface area contributed by atoms with E-state index < -0.39 is 5.54 Å². The lowest BCUT2D eigenvalue weighted by molar-refractivity contribution is 0.0724. The third kappa shape index (κ3) is 2.37. The summed E-state index contributed by atoms with van der Waals surface area (Å²) >= 11 is 0. The monoisotopic (exact) mass is 248 g/mol. The Labute approximate surface area is 105 Å². The topological polar surface area (TPSA) is 74.0 Å². The van der Waals surface area contributed by atoms with Gasteiger partial charge in [-0.25, -0.2) is 0 Å².